The average Bonchev–Trinajstić information content (AvgIpc) is 1.89. The molecule has 3 heteroatoms. The van der Waals surface area contributed by atoms with Crippen LogP contribution in [-0.4, -0.2) is 24.6 Å². The Balaban J connectivity index is 3.07. The molecule has 54 valence electrons. The molecule has 0 rings (SSSR count). The Morgan fingerprint density at radius 1 is 1.67 bits per heavy atom. The Bertz CT molecular complexity index is 91.1. The van der Waals surface area contributed by atoms with Crippen LogP contribution in [0, 0.1) is 0 Å². The lowest BCUT2D eigenvalue weighted by Gasteiger charge is -1.95. The molecule has 0 radical (unpaired) electrons. The molecule has 0 aliphatic rings. The smallest absolute Gasteiger partial charge is 0.0540 e. The van der Waals surface area contributed by atoms with Crippen molar-refractivity contribution in [3.63, 3.8) is 0 Å². The summed E-state index contributed by atoms with van der Waals surface area (Å²) >= 11 is 0. The fourth-order valence-corrected chi connectivity index (χ4v) is 0.522. The summed E-state index contributed by atoms with van der Waals surface area (Å²) in [5.41, 5.74) is 0.757. The third-order valence-electron chi connectivity index (χ3n) is 1.06. The van der Waals surface area contributed by atoms with E-state index in [1.54, 1.807) is 14.0 Å². The third-order valence-corrected chi connectivity index (χ3v) is 1.06. The molecule has 0 saturated carbocycles. The minimum absolute atomic E-state index is 0.729. The predicted octanol–water partition coefficient (Wildman–Crippen LogP) is 1.26. The maximum atomic E-state index is 8.18. The first kappa shape index (κ1) is 8.43. The second kappa shape index (κ2) is 5.56. The molecule has 0 amide bonds. The van der Waals surface area contributed by atoms with Gasteiger partial charge in [-0.05, 0) is 19.8 Å². The van der Waals surface area contributed by atoms with Gasteiger partial charge in [0.15, 0.2) is 0 Å². The van der Waals surface area contributed by atoms with E-state index in [-0.39, 0.29) is 0 Å². The first-order valence-corrected chi connectivity index (χ1v) is 2.97. The molecule has 9 heavy (non-hydrogen) atoms. The fourth-order valence-electron chi connectivity index (χ4n) is 0.522. The Morgan fingerprint density at radius 2 is 2.33 bits per heavy atom. The van der Waals surface area contributed by atoms with Crippen LogP contribution < -0.4 is 0 Å². The highest BCUT2D eigenvalue weighted by atomic mass is 16.5. The zero-order valence-electron chi connectivity index (χ0n) is 5.92. The van der Waals surface area contributed by atoms with Crippen LogP contribution in [0.2, 0.25) is 0 Å². The summed E-state index contributed by atoms with van der Waals surface area (Å²) in [4.78, 5) is 0. The molecule has 0 saturated heterocycles. The molecule has 0 unspecified atom stereocenters. The first-order chi connectivity index (χ1) is 4.31. The van der Waals surface area contributed by atoms with E-state index in [0.717, 1.165) is 25.2 Å². The van der Waals surface area contributed by atoms with E-state index in [0.29, 0.717) is 0 Å². The van der Waals surface area contributed by atoms with Gasteiger partial charge in [-0.25, -0.2) is 0 Å². The molecule has 0 aromatic carbocycles. The van der Waals surface area contributed by atoms with Crippen LogP contribution in [0.15, 0.2) is 5.16 Å². The summed E-state index contributed by atoms with van der Waals surface area (Å²) in [6, 6.07) is 0. The second-order valence-electron chi connectivity index (χ2n) is 1.93. The van der Waals surface area contributed by atoms with Crippen molar-refractivity contribution in [1.29, 1.82) is 0 Å². The van der Waals surface area contributed by atoms with Crippen LogP contribution in [0.3, 0.4) is 0 Å². The minimum atomic E-state index is 0.729. The van der Waals surface area contributed by atoms with E-state index < -0.39 is 0 Å². The molecule has 0 fully saturated rings. The topological polar surface area (TPSA) is 41.8 Å². The summed E-state index contributed by atoms with van der Waals surface area (Å²) in [7, 11) is 1.66. The fraction of sp³-hybridized carbons (Fsp3) is 0.833. The molecular formula is C6H13NO2. The molecule has 0 aromatic rings. The highest BCUT2D eigenvalue weighted by Crippen LogP contribution is 1.91. The van der Waals surface area contributed by atoms with Crippen LogP contribution in [0.4, 0.5) is 0 Å². The number of rotatable bonds is 4. The van der Waals surface area contributed by atoms with E-state index in [4.69, 9.17) is 9.94 Å². The van der Waals surface area contributed by atoms with Gasteiger partial charge in [0.2, 0.25) is 0 Å². The van der Waals surface area contributed by atoms with Crippen molar-refractivity contribution >= 4 is 5.71 Å². The number of ether oxygens (including phenoxy) is 1. The molecule has 0 aliphatic carbocycles. The summed E-state index contributed by atoms with van der Waals surface area (Å²) in [5, 5.41) is 11.2. The predicted molar refractivity (Wildman–Crippen MR) is 36.0 cm³/mol. The Hall–Kier alpha value is -0.570. The average molecular weight is 131 g/mol. The van der Waals surface area contributed by atoms with Crippen molar-refractivity contribution in [2.75, 3.05) is 13.7 Å². The maximum Gasteiger partial charge on any atom is 0.0540 e. The molecule has 3 nitrogen and oxygen atoms in total. The largest absolute Gasteiger partial charge is 0.411 e. The quantitative estimate of drug-likeness (QED) is 0.270. The zero-order chi connectivity index (χ0) is 7.11. The standard InChI is InChI=1S/C6H13NO2/c1-6(7-8)4-3-5-9-2/h8H,3-5H2,1-2H3/b7-6-. The lowest BCUT2D eigenvalue weighted by Crippen LogP contribution is -1.95. The number of oxime groups is 1. The molecule has 0 bridgehead atoms. The Labute approximate surface area is 55.3 Å². The number of hydrogen-bond donors (Lipinski definition) is 1. The van der Waals surface area contributed by atoms with Gasteiger partial charge in [0.25, 0.3) is 0 Å². The third kappa shape index (κ3) is 5.30. The van der Waals surface area contributed by atoms with Crippen molar-refractivity contribution in [3.8, 4) is 0 Å². The Morgan fingerprint density at radius 3 is 2.78 bits per heavy atom. The maximum absolute atomic E-state index is 8.18. The van der Waals surface area contributed by atoms with Crippen LogP contribution in [-0.2, 0) is 4.74 Å². The van der Waals surface area contributed by atoms with Crippen LogP contribution in [0.1, 0.15) is 19.8 Å². The number of hydrogen-bond acceptors (Lipinski definition) is 3. The normalized spacial score (nSPS) is 12.0. The van der Waals surface area contributed by atoms with Crippen molar-refractivity contribution in [2.45, 2.75) is 19.8 Å². The lowest BCUT2D eigenvalue weighted by atomic mass is 10.2. The monoisotopic (exact) mass is 131 g/mol. The summed E-state index contributed by atoms with van der Waals surface area (Å²) < 4.78 is 4.80. The van der Waals surface area contributed by atoms with Gasteiger partial charge in [0, 0.05) is 13.7 Å². The van der Waals surface area contributed by atoms with Gasteiger partial charge in [-0.15, -0.1) is 0 Å². The van der Waals surface area contributed by atoms with Gasteiger partial charge < -0.3 is 9.94 Å². The summed E-state index contributed by atoms with van der Waals surface area (Å²) in [6.07, 6.45) is 1.73. The molecule has 0 spiro atoms. The molecular weight excluding hydrogens is 118 g/mol. The molecule has 1 N–H and O–H groups in total. The van der Waals surface area contributed by atoms with Crippen molar-refractivity contribution in [1.82, 2.24) is 0 Å². The van der Waals surface area contributed by atoms with Gasteiger partial charge in [-0.2, -0.15) is 0 Å². The van der Waals surface area contributed by atoms with Crippen LogP contribution in [0.25, 0.3) is 0 Å². The van der Waals surface area contributed by atoms with Gasteiger partial charge in [-0.3, -0.25) is 0 Å². The summed E-state index contributed by atoms with van der Waals surface area (Å²) in [6.45, 7) is 2.52. The lowest BCUT2D eigenvalue weighted by molar-refractivity contribution is 0.196. The van der Waals surface area contributed by atoms with Gasteiger partial charge in [0.1, 0.15) is 0 Å². The number of nitrogens with zero attached hydrogens (tertiary/aromatic N) is 1. The van der Waals surface area contributed by atoms with Crippen LogP contribution >= 0.6 is 0 Å². The van der Waals surface area contributed by atoms with Crippen molar-refractivity contribution in [2.24, 2.45) is 5.16 Å². The molecule has 0 aromatic heterocycles. The zero-order valence-corrected chi connectivity index (χ0v) is 5.92. The highest BCUT2D eigenvalue weighted by Gasteiger charge is 1.89. The van der Waals surface area contributed by atoms with Crippen molar-refractivity contribution in [3.05, 3.63) is 0 Å². The highest BCUT2D eigenvalue weighted by molar-refractivity contribution is 5.81. The Kier molecular flexibility index (Phi) is 5.21. The minimum Gasteiger partial charge on any atom is -0.411 e. The first-order valence-electron chi connectivity index (χ1n) is 2.97. The SMILES string of the molecule is COCCC/C(C)=N\O. The van der Waals surface area contributed by atoms with E-state index >= 15 is 0 Å². The van der Waals surface area contributed by atoms with E-state index in [2.05, 4.69) is 5.16 Å². The van der Waals surface area contributed by atoms with E-state index in [1.807, 2.05) is 0 Å². The molecule has 0 atom stereocenters. The molecule has 0 heterocycles. The van der Waals surface area contributed by atoms with Gasteiger partial charge in [0.05, 0.1) is 5.71 Å². The van der Waals surface area contributed by atoms with E-state index in [9.17, 15) is 0 Å². The summed E-state index contributed by atoms with van der Waals surface area (Å²) in [5.74, 6) is 0. The number of methoxy groups -OCH3 is 1. The van der Waals surface area contributed by atoms with Gasteiger partial charge in [-0.1, -0.05) is 5.16 Å². The second-order valence-corrected chi connectivity index (χ2v) is 1.93. The van der Waals surface area contributed by atoms with Crippen molar-refractivity contribution < 1.29 is 9.94 Å². The van der Waals surface area contributed by atoms with E-state index in [1.165, 1.54) is 0 Å². The molecule has 0 aliphatic heterocycles. The van der Waals surface area contributed by atoms with Gasteiger partial charge >= 0.3 is 0 Å². The van der Waals surface area contributed by atoms with Crippen LogP contribution in [0.5, 0.6) is 0 Å².